The highest BCUT2D eigenvalue weighted by Crippen LogP contribution is 2.06. The molecule has 2 atom stereocenters. The molecule has 92 valence electrons. The molecule has 0 spiro atoms. The van der Waals surface area contributed by atoms with Gasteiger partial charge in [0.15, 0.2) is 0 Å². The van der Waals surface area contributed by atoms with E-state index in [1.165, 1.54) is 0 Å². The summed E-state index contributed by atoms with van der Waals surface area (Å²) in [4.78, 5) is 13.8. The van der Waals surface area contributed by atoms with Gasteiger partial charge in [-0.3, -0.25) is 0 Å². The van der Waals surface area contributed by atoms with Gasteiger partial charge in [0.2, 0.25) is 0 Å². The molecule has 0 aromatic rings. The summed E-state index contributed by atoms with van der Waals surface area (Å²) in [6.45, 7) is 3.24. The molecule has 3 N–H and O–H groups in total. The summed E-state index contributed by atoms with van der Waals surface area (Å²) in [5.74, 6) is 0. The van der Waals surface area contributed by atoms with Gasteiger partial charge in [-0.25, -0.2) is 4.79 Å². The smallest absolute Gasteiger partial charge is 0.317 e. The van der Waals surface area contributed by atoms with E-state index in [0.29, 0.717) is 18.0 Å². The zero-order valence-corrected chi connectivity index (χ0v) is 10.5. The van der Waals surface area contributed by atoms with Crippen molar-refractivity contribution in [3.05, 3.63) is 0 Å². The van der Waals surface area contributed by atoms with Crippen molar-refractivity contribution in [1.82, 2.24) is 10.2 Å². The van der Waals surface area contributed by atoms with Gasteiger partial charge in [-0.15, -0.1) is 0 Å². The van der Waals surface area contributed by atoms with Crippen LogP contribution in [0.1, 0.15) is 19.8 Å². The molecule has 0 saturated carbocycles. The van der Waals surface area contributed by atoms with Gasteiger partial charge in [0.25, 0.3) is 0 Å². The number of nitrogens with one attached hydrogen (secondary N) is 1. The maximum Gasteiger partial charge on any atom is 0.317 e. The Morgan fingerprint density at radius 3 is 2.94 bits per heavy atom. The molecule has 6 heteroatoms. The Labute approximate surface area is 101 Å². The van der Waals surface area contributed by atoms with Crippen LogP contribution in [0.4, 0.5) is 4.79 Å². The lowest BCUT2D eigenvalue weighted by Gasteiger charge is -2.26. The summed E-state index contributed by atoms with van der Waals surface area (Å²) in [5.41, 5.74) is 5.45. The van der Waals surface area contributed by atoms with Gasteiger partial charge in [-0.05, 0) is 13.3 Å². The molecule has 2 unspecified atom stereocenters. The fourth-order valence-corrected chi connectivity index (χ4v) is 1.79. The number of hydrogen-bond acceptors (Lipinski definition) is 3. The molecular formula is C10H19N3O2S. The lowest BCUT2D eigenvalue weighted by atomic mass is 10.2. The maximum absolute atomic E-state index is 11.8. The molecule has 0 aliphatic carbocycles. The van der Waals surface area contributed by atoms with E-state index < -0.39 is 0 Å². The fourth-order valence-electron chi connectivity index (χ4n) is 1.55. The first-order valence-electron chi connectivity index (χ1n) is 5.40. The van der Waals surface area contributed by atoms with Crippen molar-refractivity contribution in [1.29, 1.82) is 0 Å². The van der Waals surface area contributed by atoms with Crippen LogP contribution in [0, 0.1) is 0 Å². The maximum atomic E-state index is 11.8. The summed E-state index contributed by atoms with van der Waals surface area (Å²) in [6, 6.07) is 0.0473. The third kappa shape index (κ3) is 3.94. The molecule has 1 aliphatic rings. The second kappa shape index (κ2) is 6.00. The van der Waals surface area contributed by atoms with E-state index in [2.05, 4.69) is 5.32 Å². The Morgan fingerprint density at radius 2 is 2.44 bits per heavy atom. The lowest BCUT2D eigenvalue weighted by molar-refractivity contribution is 0.176. The highest BCUT2D eigenvalue weighted by atomic mass is 32.1. The summed E-state index contributed by atoms with van der Waals surface area (Å²) >= 11 is 4.82. The Balaban J connectivity index is 2.36. The fraction of sp³-hybridized carbons (Fsp3) is 0.800. The SMILES string of the molecule is CC(CC(N)=S)N(C)C(=O)NC1CCOC1. The van der Waals surface area contributed by atoms with Gasteiger partial charge in [-0.1, -0.05) is 12.2 Å². The highest BCUT2D eigenvalue weighted by molar-refractivity contribution is 7.80. The van der Waals surface area contributed by atoms with Crippen LogP contribution in [-0.4, -0.2) is 48.3 Å². The molecule has 2 amide bonds. The summed E-state index contributed by atoms with van der Waals surface area (Å²) in [6.07, 6.45) is 1.42. The molecule has 1 saturated heterocycles. The first-order chi connectivity index (χ1) is 7.50. The molecule has 1 fully saturated rings. The largest absolute Gasteiger partial charge is 0.393 e. The third-order valence-corrected chi connectivity index (χ3v) is 2.90. The molecule has 5 nitrogen and oxygen atoms in total. The van der Waals surface area contributed by atoms with Crippen LogP contribution in [0.5, 0.6) is 0 Å². The minimum atomic E-state index is -0.0979. The summed E-state index contributed by atoms with van der Waals surface area (Å²) in [7, 11) is 1.74. The van der Waals surface area contributed by atoms with Gasteiger partial charge in [0.1, 0.15) is 0 Å². The van der Waals surface area contributed by atoms with Crippen LogP contribution >= 0.6 is 12.2 Å². The van der Waals surface area contributed by atoms with Crippen molar-refractivity contribution >= 4 is 23.2 Å². The van der Waals surface area contributed by atoms with Crippen LogP contribution in [0.15, 0.2) is 0 Å². The number of ether oxygens (including phenoxy) is 1. The predicted octanol–water partition coefficient (Wildman–Crippen LogP) is 0.481. The first kappa shape index (κ1) is 13.2. The van der Waals surface area contributed by atoms with E-state index in [1.807, 2.05) is 6.92 Å². The number of carbonyl (C=O) groups excluding carboxylic acids is 1. The number of carbonyl (C=O) groups is 1. The number of rotatable bonds is 4. The van der Waals surface area contributed by atoms with E-state index in [-0.39, 0.29) is 18.1 Å². The van der Waals surface area contributed by atoms with E-state index in [4.69, 9.17) is 22.7 Å². The van der Waals surface area contributed by atoms with E-state index in [0.717, 1.165) is 13.0 Å². The van der Waals surface area contributed by atoms with Crippen molar-refractivity contribution in [2.45, 2.75) is 31.8 Å². The molecule has 0 radical (unpaired) electrons. The molecule has 0 aromatic carbocycles. The van der Waals surface area contributed by atoms with Gasteiger partial charge in [0.05, 0.1) is 17.6 Å². The van der Waals surface area contributed by atoms with E-state index in [1.54, 1.807) is 11.9 Å². The van der Waals surface area contributed by atoms with Crippen LogP contribution in [0.2, 0.25) is 0 Å². The van der Waals surface area contributed by atoms with Crippen LogP contribution in [0.3, 0.4) is 0 Å². The van der Waals surface area contributed by atoms with Crippen LogP contribution in [-0.2, 0) is 4.74 Å². The first-order valence-corrected chi connectivity index (χ1v) is 5.81. The second-order valence-electron chi connectivity index (χ2n) is 4.14. The van der Waals surface area contributed by atoms with Gasteiger partial charge in [0, 0.05) is 26.1 Å². The predicted molar refractivity (Wildman–Crippen MR) is 66.4 cm³/mol. The van der Waals surface area contributed by atoms with Crippen LogP contribution < -0.4 is 11.1 Å². The molecule has 1 aliphatic heterocycles. The molecule has 0 aromatic heterocycles. The molecule has 1 rings (SSSR count). The van der Waals surface area contributed by atoms with Gasteiger partial charge < -0.3 is 20.7 Å². The molecule has 0 bridgehead atoms. The lowest BCUT2D eigenvalue weighted by Crippen LogP contribution is -2.47. The number of nitrogens with zero attached hydrogens (tertiary/aromatic N) is 1. The van der Waals surface area contributed by atoms with Crippen molar-refractivity contribution in [3.63, 3.8) is 0 Å². The number of urea groups is 1. The minimum absolute atomic E-state index is 0.0137. The number of hydrogen-bond donors (Lipinski definition) is 2. The Kier molecular flexibility index (Phi) is 4.95. The van der Waals surface area contributed by atoms with Crippen LogP contribution in [0.25, 0.3) is 0 Å². The Hall–Kier alpha value is -0.880. The Morgan fingerprint density at radius 1 is 1.75 bits per heavy atom. The van der Waals surface area contributed by atoms with E-state index in [9.17, 15) is 4.79 Å². The van der Waals surface area contributed by atoms with Crippen molar-refractivity contribution < 1.29 is 9.53 Å². The minimum Gasteiger partial charge on any atom is -0.393 e. The molecular weight excluding hydrogens is 226 g/mol. The summed E-state index contributed by atoms with van der Waals surface area (Å²) in [5, 5.41) is 2.91. The molecule has 16 heavy (non-hydrogen) atoms. The summed E-state index contributed by atoms with van der Waals surface area (Å²) < 4.78 is 5.19. The quantitative estimate of drug-likeness (QED) is 0.707. The van der Waals surface area contributed by atoms with Crippen molar-refractivity contribution in [2.75, 3.05) is 20.3 Å². The van der Waals surface area contributed by atoms with Crippen molar-refractivity contribution in [2.24, 2.45) is 5.73 Å². The number of nitrogens with two attached hydrogens (primary N) is 1. The van der Waals surface area contributed by atoms with Crippen molar-refractivity contribution in [3.8, 4) is 0 Å². The number of amides is 2. The highest BCUT2D eigenvalue weighted by Gasteiger charge is 2.22. The standard InChI is InChI=1S/C10H19N3O2S/c1-7(5-9(11)16)13(2)10(14)12-8-3-4-15-6-8/h7-8H,3-6H2,1-2H3,(H2,11,16)(H,12,14). The van der Waals surface area contributed by atoms with Gasteiger partial charge >= 0.3 is 6.03 Å². The monoisotopic (exact) mass is 245 g/mol. The molecule has 1 heterocycles. The third-order valence-electron chi connectivity index (χ3n) is 2.74. The normalized spacial score (nSPS) is 21.5. The van der Waals surface area contributed by atoms with E-state index >= 15 is 0 Å². The van der Waals surface area contributed by atoms with Gasteiger partial charge in [-0.2, -0.15) is 0 Å². The average Bonchev–Trinajstić information content (AvgIpc) is 2.68. The Bertz CT molecular complexity index is 267. The second-order valence-corrected chi connectivity index (χ2v) is 4.66. The zero-order valence-electron chi connectivity index (χ0n) is 9.73. The number of thiocarbonyl (C=S) groups is 1. The average molecular weight is 245 g/mol. The zero-order chi connectivity index (χ0) is 12.1. The topological polar surface area (TPSA) is 67.6 Å².